The number of aliphatic imine (C=N–C) groups is 1. The number of hydrogen-bond acceptors (Lipinski definition) is 9. The third-order valence-electron chi connectivity index (χ3n) is 12.3. The maximum absolute atomic E-state index is 11.0. The number of allylic oxidation sites excluding steroid dienone is 5. The number of nitrogens with one attached hydrogen (secondary N) is 3. The Morgan fingerprint density at radius 1 is 1.03 bits per heavy atom. The highest BCUT2D eigenvalue weighted by Gasteiger charge is 2.32. The lowest BCUT2D eigenvalue weighted by Gasteiger charge is -2.38. The molecule has 1 fully saturated rings. The quantitative estimate of drug-likeness (QED) is 0.0318. The van der Waals surface area contributed by atoms with E-state index in [0.717, 1.165) is 134 Å². The zero-order valence-corrected chi connectivity index (χ0v) is 39.6. The van der Waals surface area contributed by atoms with Crippen molar-refractivity contribution in [1.29, 1.82) is 0 Å². The molecule has 1 aliphatic carbocycles. The summed E-state index contributed by atoms with van der Waals surface area (Å²) in [5.41, 5.74) is 11.4. The normalized spacial score (nSPS) is 17.2. The first-order valence-electron chi connectivity index (χ1n) is 23.1. The largest absolute Gasteiger partial charge is 0.385 e. The molecule has 2 aromatic carbocycles. The van der Waals surface area contributed by atoms with Gasteiger partial charge in [-0.15, -0.1) is 6.58 Å². The molecule has 3 N–H and O–H groups in total. The van der Waals surface area contributed by atoms with Crippen molar-refractivity contribution in [2.45, 2.75) is 83.7 Å². The lowest BCUT2D eigenvalue weighted by molar-refractivity contribution is -0.108. The highest BCUT2D eigenvalue weighted by atomic mass is 16.1. The van der Waals surface area contributed by atoms with E-state index in [1.54, 1.807) is 0 Å². The molecule has 9 heteroatoms. The molecular weight excluding hydrogens is 789 g/mol. The van der Waals surface area contributed by atoms with Gasteiger partial charge in [-0.25, -0.2) is 0 Å². The van der Waals surface area contributed by atoms with Crippen molar-refractivity contribution in [3.63, 3.8) is 0 Å². The van der Waals surface area contributed by atoms with Crippen LogP contribution in [0.2, 0.25) is 0 Å². The van der Waals surface area contributed by atoms with Gasteiger partial charge >= 0.3 is 0 Å². The molecule has 0 amide bonds. The zero-order valence-electron chi connectivity index (χ0n) is 39.6. The smallest absolute Gasteiger partial charge is 0.120 e. The van der Waals surface area contributed by atoms with Crippen LogP contribution in [0.1, 0.15) is 93.9 Å². The summed E-state index contributed by atoms with van der Waals surface area (Å²) >= 11 is 0. The van der Waals surface area contributed by atoms with E-state index in [1.807, 2.05) is 52.5 Å². The van der Waals surface area contributed by atoms with Crippen LogP contribution in [0.4, 0.5) is 5.69 Å². The van der Waals surface area contributed by atoms with Crippen molar-refractivity contribution in [1.82, 2.24) is 25.4 Å². The molecule has 2 aromatic rings. The SMILES string of the molecule is C=Cc1cccc(NCCCC(C)CNC(=C)c2ccc(/C(=C/C(=C)N3CCC(C(=C)N4N=CCC4C4=CC=CCC4)CC3)N=CC)cc2)c1C(=C)N(C)C(C=C)CCC=O.CNC. The number of aldehydes is 1. The average Bonchev–Trinajstić information content (AvgIpc) is 3.82. The first-order valence-corrected chi connectivity index (χ1v) is 23.1. The molecule has 9 nitrogen and oxygen atoms in total. The topological polar surface area (TPSA) is 87.6 Å². The molecule has 0 saturated carbocycles. The summed E-state index contributed by atoms with van der Waals surface area (Å²) in [4.78, 5) is 20.3. The molecule has 342 valence electrons. The number of likely N-dealkylation sites (tertiary alicyclic amines) is 1. The molecule has 0 spiro atoms. The summed E-state index contributed by atoms with van der Waals surface area (Å²) in [6.45, 7) is 33.6. The van der Waals surface area contributed by atoms with Crippen LogP contribution in [0, 0.1) is 11.8 Å². The summed E-state index contributed by atoms with van der Waals surface area (Å²) in [5.74, 6) is 0.860. The van der Waals surface area contributed by atoms with Gasteiger partial charge in [-0.1, -0.05) is 107 Å². The molecule has 0 aromatic heterocycles. The van der Waals surface area contributed by atoms with E-state index in [4.69, 9.17) is 10.1 Å². The molecule has 0 radical (unpaired) electrons. The summed E-state index contributed by atoms with van der Waals surface area (Å²) in [6, 6.07) is 15.0. The first kappa shape index (κ1) is 50.7. The maximum Gasteiger partial charge on any atom is 0.120 e. The van der Waals surface area contributed by atoms with E-state index in [0.29, 0.717) is 30.7 Å². The van der Waals surface area contributed by atoms with Gasteiger partial charge in [0.15, 0.2) is 0 Å². The number of hydrogen-bond donors (Lipinski definition) is 3. The standard InChI is InChI=1S/C53H69N7O.C2H7N/c1-10-44-22-16-24-50(53(44)43(8)58(9)49(11-2)23-18-36-61)55-32-17-19-39(4)38-56-41(6)45-25-27-47(28-26-45)51(54-12-3)37-40(5)59-34-30-46(31-35-59)42(7)60-52(29-33-57-60)48-20-14-13-15-21-48;1-3-2/h10-14,16,20,22,24-28,33,36-37,39,46,49,52,55-56H,1-2,5-8,15,17-19,21,23,29-32,34-35,38H2,3-4,9H3;3H,1-2H3/b51-37-,54-12?;. The summed E-state index contributed by atoms with van der Waals surface area (Å²) in [5, 5.41) is 16.9. The van der Waals surface area contributed by atoms with Gasteiger partial charge in [-0.05, 0) is 101 Å². The van der Waals surface area contributed by atoms with Gasteiger partial charge < -0.3 is 30.5 Å². The van der Waals surface area contributed by atoms with Crippen molar-refractivity contribution in [3.8, 4) is 0 Å². The van der Waals surface area contributed by atoms with E-state index >= 15 is 0 Å². The minimum atomic E-state index is 0.0119. The first-order chi connectivity index (χ1) is 31.0. The number of likely N-dealkylation sites (N-methyl/N-ethyl adjacent to an activating group) is 1. The fraction of sp³-hybridized carbons (Fsp3) is 0.400. The van der Waals surface area contributed by atoms with Gasteiger partial charge in [0.25, 0.3) is 0 Å². The van der Waals surface area contributed by atoms with Crippen molar-refractivity contribution in [3.05, 3.63) is 152 Å². The molecule has 3 aliphatic rings. The third kappa shape index (κ3) is 14.3. The molecule has 2 heterocycles. The van der Waals surface area contributed by atoms with Gasteiger partial charge in [0, 0.05) is 110 Å². The summed E-state index contributed by atoms with van der Waals surface area (Å²) < 4.78 is 0. The number of rotatable bonds is 24. The van der Waals surface area contributed by atoms with Crippen LogP contribution in [0.25, 0.3) is 23.2 Å². The Hall–Kier alpha value is -5.93. The number of carbonyl (C=O) groups is 1. The van der Waals surface area contributed by atoms with Crippen molar-refractivity contribution in [2.24, 2.45) is 21.9 Å². The van der Waals surface area contributed by atoms with Gasteiger partial charge in [-0.2, -0.15) is 5.10 Å². The number of piperidine rings is 1. The zero-order chi connectivity index (χ0) is 46.4. The van der Waals surface area contributed by atoms with E-state index in [-0.39, 0.29) is 6.04 Å². The van der Waals surface area contributed by atoms with E-state index in [2.05, 4.69) is 144 Å². The highest BCUT2D eigenvalue weighted by molar-refractivity contribution is 5.81. The summed E-state index contributed by atoms with van der Waals surface area (Å²) in [7, 11) is 5.76. The molecule has 2 aliphatic heterocycles. The fourth-order valence-electron chi connectivity index (χ4n) is 8.48. The molecule has 3 unspecified atom stereocenters. The Morgan fingerprint density at radius 3 is 2.39 bits per heavy atom. The molecule has 3 atom stereocenters. The molecular formula is C55H76N8O. The fourth-order valence-corrected chi connectivity index (χ4v) is 8.48. The van der Waals surface area contributed by atoms with Crippen LogP contribution < -0.4 is 16.0 Å². The van der Waals surface area contributed by atoms with Gasteiger partial charge in [0.05, 0.1) is 11.7 Å². The number of nitrogens with zero attached hydrogens (tertiary/aromatic N) is 5. The van der Waals surface area contributed by atoms with Crippen LogP contribution in [0.5, 0.6) is 0 Å². The van der Waals surface area contributed by atoms with E-state index < -0.39 is 0 Å². The Balaban J connectivity index is 0.00000291. The minimum absolute atomic E-state index is 0.0119. The molecule has 0 bridgehead atoms. The van der Waals surface area contributed by atoms with Crippen LogP contribution in [-0.4, -0.2) is 92.9 Å². The van der Waals surface area contributed by atoms with E-state index in [1.165, 1.54) is 5.57 Å². The van der Waals surface area contributed by atoms with Crippen molar-refractivity contribution in [2.75, 3.05) is 52.6 Å². The van der Waals surface area contributed by atoms with Crippen LogP contribution in [-0.2, 0) is 4.79 Å². The Kier molecular flexibility index (Phi) is 21.1. The average molecular weight is 865 g/mol. The third-order valence-corrected chi connectivity index (χ3v) is 12.3. The highest BCUT2D eigenvalue weighted by Crippen LogP contribution is 2.35. The second kappa shape index (κ2) is 26.6. The number of anilines is 1. The maximum atomic E-state index is 11.0. The van der Waals surface area contributed by atoms with Crippen LogP contribution >= 0.6 is 0 Å². The second-order valence-electron chi connectivity index (χ2n) is 17.0. The number of carbonyl (C=O) groups excluding carboxylic acids is 1. The lowest BCUT2D eigenvalue weighted by atomic mass is 9.91. The molecule has 5 rings (SSSR count). The van der Waals surface area contributed by atoms with Gasteiger partial charge in [-0.3, -0.25) is 10.0 Å². The number of hydrazone groups is 1. The number of benzene rings is 2. The van der Waals surface area contributed by atoms with Gasteiger partial charge in [0.2, 0.25) is 0 Å². The van der Waals surface area contributed by atoms with Crippen LogP contribution in [0.3, 0.4) is 0 Å². The Morgan fingerprint density at radius 2 is 1.75 bits per heavy atom. The molecule has 1 saturated heterocycles. The molecule has 64 heavy (non-hydrogen) atoms. The Labute approximate surface area is 386 Å². The predicted molar refractivity (Wildman–Crippen MR) is 278 cm³/mol. The van der Waals surface area contributed by atoms with Gasteiger partial charge in [0.1, 0.15) is 6.29 Å². The van der Waals surface area contributed by atoms with Crippen molar-refractivity contribution >= 4 is 47.6 Å². The van der Waals surface area contributed by atoms with E-state index in [9.17, 15) is 4.79 Å². The van der Waals surface area contributed by atoms with Crippen molar-refractivity contribution < 1.29 is 4.79 Å². The summed E-state index contributed by atoms with van der Waals surface area (Å²) in [6.07, 6.45) is 25.8. The lowest BCUT2D eigenvalue weighted by Crippen LogP contribution is -2.37. The predicted octanol–water partition coefficient (Wildman–Crippen LogP) is 11.2. The Bertz CT molecular complexity index is 2060. The second-order valence-corrected chi connectivity index (χ2v) is 17.0. The monoisotopic (exact) mass is 865 g/mol. The minimum Gasteiger partial charge on any atom is -0.385 e. The van der Waals surface area contributed by atoms with Crippen LogP contribution in [0.15, 0.2) is 139 Å².